The molecule has 3 aromatic heterocycles. The fraction of sp³-hybridized carbons (Fsp3) is 0.448. The van der Waals surface area contributed by atoms with Crippen molar-refractivity contribution in [3.63, 3.8) is 0 Å². The number of rotatable bonds is 12. The number of amides is 1. The van der Waals surface area contributed by atoms with Gasteiger partial charge >= 0.3 is 0 Å². The smallest absolute Gasteiger partial charge is 0.257 e. The van der Waals surface area contributed by atoms with E-state index >= 15 is 0 Å². The van der Waals surface area contributed by atoms with Gasteiger partial charge in [0, 0.05) is 77.6 Å². The van der Waals surface area contributed by atoms with E-state index in [1.165, 1.54) is 10.6 Å². The quantitative estimate of drug-likeness (QED) is 0.212. The van der Waals surface area contributed by atoms with Crippen molar-refractivity contribution in [2.24, 2.45) is 0 Å². The zero-order valence-corrected chi connectivity index (χ0v) is 24.5. The molecule has 0 aliphatic carbocycles. The van der Waals surface area contributed by atoms with Crippen molar-refractivity contribution in [1.29, 1.82) is 0 Å². The Balaban J connectivity index is 0.917. The second-order valence-corrected chi connectivity index (χ2v) is 10.6. The van der Waals surface area contributed by atoms with E-state index in [1.54, 1.807) is 30.5 Å². The molecule has 44 heavy (non-hydrogen) atoms. The van der Waals surface area contributed by atoms with E-state index in [4.69, 9.17) is 19.6 Å². The molecule has 234 valence electrons. The molecule has 0 saturated carbocycles. The van der Waals surface area contributed by atoms with Crippen molar-refractivity contribution >= 4 is 29.1 Å². The Morgan fingerprint density at radius 1 is 1.00 bits per heavy atom. The van der Waals surface area contributed by atoms with Gasteiger partial charge < -0.3 is 35.2 Å². The second kappa shape index (κ2) is 13.9. The molecule has 2 aliphatic rings. The molecule has 2 saturated heterocycles. The molecule has 0 atom stereocenters. The highest BCUT2D eigenvalue weighted by Gasteiger charge is 2.20. The average molecular weight is 609 g/mol. The number of nitrogen functional groups attached to an aromatic ring is 1. The molecule has 0 bridgehead atoms. The van der Waals surface area contributed by atoms with Gasteiger partial charge in [-0.2, -0.15) is 19.6 Å². The molecule has 1 amide bonds. The molecule has 5 heterocycles. The van der Waals surface area contributed by atoms with E-state index in [0.29, 0.717) is 60.7 Å². The van der Waals surface area contributed by atoms with Crippen LogP contribution in [0, 0.1) is 5.82 Å². The van der Waals surface area contributed by atoms with Gasteiger partial charge in [0.1, 0.15) is 17.3 Å². The maximum Gasteiger partial charge on any atom is 0.257 e. The van der Waals surface area contributed by atoms with Gasteiger partial charge in [-0.3, -0.25) is 14.6 Å². The minimum atomic E-state index is -0.370. The van der Waals surface area contributed by atoms with Gasteiger partial charge in [-0.1, -0.05) is 0 Å². The summed E-state index contributed by atoms with van der Waals surface area (Å²) in [6.45, 7) is 8.64. The summed E-state index contributed by atoms with van der Waals surface area (Å²) < 4.78 is 32.7. The lowest BCUT2D eigenvalue weighted by Gasteiger charge is -2.36. The van der Waals surface area contributed by atoms with E-state index in [0.717, 1.165) is 52.5 Å². The van der Waals surface area contributed by atoms with E-state index in [1.807, 2.05) is 11.0 Å². The van der Waals surface area contributed by atoms with Crippen molar-refractivity contribution in [2.75, 3.05) is 101 Å². The fourth-order valence-electron chi connectivity index (χ4n) is 5.28. The number of piperazine rings is 1. The van der Waals surface area contributed by atoms with Crippen molar-refractivity contribution in [3.8, 4) is 17.2 Å². The zero-order chi connectivity index (χ0) is 30.3. The molecule has 2 fully saturated rings. The number of halogens is 1. The Morgan fingerprint density at radius 2 is 1.80 bits per heavy atom. The molecular formula is C29H37FN10O4. The number of ether oxygens (including phenoxy) is 2. The number of carbonyl (C=O) groups is 1. The van der Waals surface area contributed by atoms with Crippen molar-refractivity contribution < 1.29 is 23.1 Å². The van der Waals surface area contributed by atoms with Gasteiger partial charge in [-0.15, -0.1) is 0 Å². The monoisotopic (exact) mass is 608 g/mol. The zero-order valence-electron chi connectivity index (χ0n) is 24.5. The Bertz CT molecular complexity index is 1530. The third kappa shape index (κ3) is 7.35. The molecule has 0 spiro atoms. The predicted octanol–water partition coefficient (Wildman–Crippen LogP) is 1.17. The second-order valence-electron chi connectivity index (χ2n) is 10.6. The number of carbonyl (C=O) groups excluding carboxylic acids is 1. The SMILES string of the molecule is Nc1nc(NCCN2CCN(c3ccc(OCC(=O)NCCN4CCOCC4)cc3F)CC2)nc2cc(-c3ccco3)nn12. The summed E-state index contributed by atoms with van der Waals surface area (Å²) >= 11 is 0. The average Bonchev–Trinajstić information content (AvgIpc) is 3.72. The highest BCUT2D eigenvalue weighted by Crippen LogP contribution is 2.25. The minimum absolute atomic E-state index is 0.158. The molecule has 0 unspecified atom stereocenters. The highest BCUT2D eigenvalue weighted by molar-refractivity contribution is 5.77. The van der Waals surface area contributed by atoms with Gasteiger partial charge in [0.15, 0.2) is 18.0 Å². The van der Waals surface area contributed by atoms with Crippen LogP contribution in [0.25, 0.3) is 17.1 Å². The molecule has 15 heteroatoms. The number of anilines is 3. The number of nitrogens with two attached hydrogens (primary N) is 1. The van der Waals surface area contributed by atoms with E-state index in [-0.39, 0.29) is 24.3 Å². The van der Waals surface area contributed by atoms with E-state index < -0.39 is 0 Å². The van der Waals surface area contributed by atoms with Gasteiger partial charge in [-0.25, -0.2) is 4.39 Å². The van der Waals surface area contributed by atoms with Crippen LogP contribution in [-0.4, -0.2) is 121 Å². The first-order valence-corrected chi connectivity index (χ1v) is 14.8. The highest BCUT2D eigenvalue weighted by atomic mass is 19.1. The van der Waals surface area contributed by atoms with Crippen LogP contribution in [0.3, 0.4) is 0 Å². The molecule has 0 radical (unpaired) electrons. The number of fused-ring (bicyclic) bond motifs is 1. The lowest BCUT2D eigenvalue weighted by atomic mass is 10.2. The van der Waals surface area contributed by atoms with Gasteiger partial charge in [0.2, 0.25) is 11.9 Å². The summed E-state index contributed by atoms with van der Waals surface area (Å²) in [5.74, 6) is 1.01. The Morgan fingerprint density at radius 3 is 2.57 bits per heavy atom. The Labute approximate surface area is 253 Å². The van der Waals surface area contributed by atoms with Crippen LogP contribution < -0.4 is 26.0 Å². The number of hydrogen-bond acceptors (Lipinski definition) is 12. The van der Waals surface area contributed by atoms with Crippen molar-refractivity contribution in [3.05, 3.63) is 48.5 Å². The minimum Gasteiger partial charge on any atom is -0.484 e. The third-order valence-electron chi connectivity index (χ3n) is 7.69. The van der Waals surface area contributed by atoms with Crippen molar-refractivity contribution in [1.82, 2.24) is 34.7 Å². The number of furan rings is 1. The lowest BCUT2D eigenvalue weighted by Crippen LogP contribution is -2.48. The number of nitrogens with one attached hydrogen (secondary N) is 2. The van der Waals surface area contributed by atoms with Crippen LogP contribution in [0.1, 0.15) is 0 Å². The van der Waals surface area contributed by atoms with Crippen molar-refractivity contribution in [2.45, 2.75) is 0 Å². The topological polar surface area (TPSA) is 152 Å². The van der Waals surface area contributed by atoms with Crippen LogP contribution in [0.4, 0.5) is 22.0 Å². The first-order valence-electron chi connectivity index (χ1n) is 14.8. The third-order valence-corrected chi connectivity index (χ3v) is 7.69. The number of nitrogens with zero attached hydrogens (tertiary/aromatic N) is 7. The van der Waals surface area contributed by atoms with Gasteiger partial charge in [-0.05, 0) is 24.3 Å². The maximum atomic E-state index is 15.0. The summed E-state index contributed by atoms with van der Waals surface area (Å²) in [6, 6.07) is 10.2. The molecule has 2 aliphatic heterocycles. The number of morpholine rings is 1. The first kappa shape index (κ1) is 29.6. The summed E-state index contributed by atoms with van der Waals surface area (Å²) in [4.78, 5) is 27.5. The Kier molecular flexibility index (Phi) is 9.34. The summed E-state index contributed by atoms with van der Waals surface area (Å²) in [5, 5.41) is 10.5. The fourth-order valence-corrected chi connectivity index (χ4v) is 5.28. The van der Waals surface area contributed by atoms with Crippen LogP contribution in [0.2, 0.25) is 0 Å². The van der Waals surface area contributed by atoms with Crippen LogP contribution in [0.5, 0.6) is 5.75 Å². The summed E-state index contributed by atoms with van der Waals surface area (Å²) in [6.07, 6.45) is 1.59. The van der Waals surface area contributed by atoms with E-state index in [9.17, 15) is 9.18 Å². The molecule has 4 N–H and O–H groups in total. The predicted molar refractivity (Wildman–Crippen MR) is 162 cm³/mol. The van der Waals surface area contributed by atoms with E-state index in [2.05, 4.69) is 35.5 Å². The molecule has 1 aromatic carbocycles. The summed E-state index contributed by atoms with van der Waals surface area (Å²) in [5.41, 5.74) is 7.83. The maximum absolute atomic E-state index is 15.0. The number of benzene rings is 1. The lowest BCUT2D eigenvalue weighted by molar-refractivity contribution is -0.123. The van der Waals surface area contributed by atoms with Gasteiger partial charge in [0.05, 0.1) is 25.2 Å². The molecule has 14 nitrogen and oxygen atoms in total. The largest absolute Gasteiger partial charge is 0.484 e. The Hall–Kier alpha value is -4.47. The molecule has 6 rings (SSSR count). The summed E-state index contributed by atoms with van der Waals surface area (Å²) in [7, 11) is 0. The first-order chi connectivity index (χ1) is 21.5. The number of aromatic nitrogens is 4. The molecular weight excluding hydrogens is 571 g/mol. The molecule has 4 aromatic rings. The van der Waals surface area contributed by atoms with Crippen LogP contribution >= 0.6 is 0 Å². The van der Waals surface area contributed by atoms with Crippen LogP contribution in [0.15, 0.2) is 47.1 Å². The standard InChI is InChI=1S/C29H37FN10O4/c30-22-18-21(44-20-27(41)32-5-7-38-13-16-42-17-14-38)3-4-24(22)39-11-9-37(10-12-39)8-6-33-29-34-26-19-23(25-2-1-15-43-25)36-40(26)28(31)35-29/h1-4,15,18-19H,5-14,16-17,20H2,(H,32,41)(H3,31,33,34,35). The number of hydrogen-bond donors (Lipinski definition) is 3. The van der Waals surface area contributed by atoms with Crippen LogP contribution in [-0.2, 0) is 9.53 Å². The normalized spacial score (nSPS) is 16.3. The van der Waals surface area contributed by atoms with Gasteiger partial charge in [0.25, 0.3) is 5.91 Å².